The molecule has 3 heteroatoms. The summed E-state index contributed by atoms with van der Waals surface area (Å²) in [5.74, 6) is 0. The number of hydrogen-bond acceptors (Lipinski definition) is 0. The second kappa shape index (κ2) is 2.79. The molecule has 1 heterocycles. The van der Waals surface area contributed by atoms with Gasteiger partial charge >= 0.3 is 61.1 Å². The van der Waals surface area contributed by atoms with Crippen LogP contribution in [0.4, 0.5) is 0 Å². The molecular formula is C5H10Cl2Se. The molecule has 0 saturated carbocycles. The second-order valence-electron chi connectivity index (χ2n) is 2.17. The van der Waals surface area contributed by atoms with Crippen molar-refractivity contribution in [2.75, 3.05) is 0 Å². The fraction of sp³-hybridized carbons (Fsp3) is 1.00. The van der Waals surface area contributed by atoms with Gasteiger partial charge in [-0.05, 0) is 0 Å². The van der Waals surface area contributed by atoms with Crippen molar-refractivity contribution in [2.24, 2.45) is 0 Å². The molecule has 0 unspecified atom stereocenters. The van der Waals surface area contributed by atoms with Gasteiger partial charge in [0.05, 0.1) is 0 Å². The van der Waals surface area contributed by atoms with Crippen LogP contribution in [0.25, 0.3) is 0 Å². The van der Waals surface area contributed by atoms with E-state index in [1.807, 2.05) is 0 Å². The third-order valence-corrected chi connectivity index (χ3v) is 8.31. The summed E-state index contributed by atoms with van der Waals surface area (Å²) in [4.78, 5) is 0. The maximum atomic E-state index is 5.99. The van der Waals surface area contributed by atoms with Gasteiger partial charge in [0.15, 0.2) is 0 Å². The molecule has 0 aromatic rings. The first kappa shape index (κ1) is 7.21. The van der Waals surface area contributed by atoms with Crippen LogP contribution in [0, 0.1) is 0 Å². The predicted octanol–water partition coefficient (Wildman–Crippen LogP) is 3.09. The summed E-state index contributed by atoms with van der Waals surface area (Å²) in [6.45, 7) is 0. The number of hydrogen-bond donors (Lipinski definition) is 0. The molecule has 1 aliphatic heterocycles. The molecule has 0 N–H and O–H groups in total. The van der Waals surface area contributed by atoms with E-state index in [1.165, 1.54) is 19.3 Å². The Balaban J connectivity index is 2.33. The van der Waals surface area contributed by atoms with Gasteiger partial charge < -0.3 is 0 Å². The normalized spacial score (nSPS) is 31.8. The van der Waals surface area contributed by atoms with Crippen molar-refractivity contribution in [3.8, 4) is 0 Å². The number of halogens is 2. The van der Waals surface area contributed by atoms with Crippen LogP contribution in [0.5, 0.6) is 0 Å². The van der Waals surface area contributed by atoms with Crippen molar-refractivity contribution in [1.29, 1.82) is 0 Å². The van der Waals surface area contributed by atoms with Gasteiger partial charge in [0.25, 0.3) is 0 Å². The van der Waals surface area contributed by atoms with Crippen LogP contribution >= 0.6 is 20.2 Å². The Morgan fingerprint density at radius 2 is 1.38 bits per heavy atom. The van der Waals surface area contributed by atoms with Crippen LogP contribution in [0.3, 0.4) is 0 Å². The summed E-state index contributed by atoms with van der Waals surface area (Å²) in [6.07, 6.45) is 3.89. The van der Waals surface area contributed by atoms with Crippen LogP contribution in [0.2, 0.25) is 10.6 Å². The van der Waals surface area contributed by atoms with Crippen LogP contribution in [-0.4, -0.2) is 11.0 Å². The Hall–Kier alpha value is 1.10. The topological polar surface area (TPSA) is 0 Å². The first-order valence-corrected chi connectivity index (χ1v) is 9.81. The summed E-state index contributed by atoms with van der Waals surface area (Å²) < 4.78 is 0. The van der Waals surface area contributed by atoms with Crippen molar-refractivity contribution in [1.82, 2.24) is 0 Å². The van der Waals surface area contributed by atoms with E-state index in [1.54, 1.807) is 0 Å². The predicted molar refractivity (Wildman–Crippen MR) is 40.9 cm³/mol. The molecule has 1 aliphatic rings. The molecule has 50 valence electrons. The van der Waals surface area contributed by atoms with E-state index in [2.05, 4.69) is 0 Å². The van der Waals surface area contributed by atoms with Gasteiger partial charge in [0.1, 0.15) is 0 Å². The van der Waals surface area contributed by atoms with E-state index in [4.69, 9.17) is 20.2 Å². The van der Waals surface area contributed by atoms with E-state index >= 15 is 0 Å². The first-order chi connectivity index (χ1) is 3.71. The Bertz CT molecular complexity index is 74.5. The molecule has 0 aromatic heterocycles. The van der Waals surface area contributed by atoms with Crippen LogP contribution in [-0.2, 0) is 0 Å². The zero-order chi connectivity index (χ0) is 6.04. The quantitative estimate of drug-likeness (QED) is 0.550. The fourth-order valence-electron chi connectivity index (χ4n) is 0.905. The van der Waals surface area contributed by atoms with Crippen molar-refractivity contribution in [3.63, 3.8) is 0 Å². The van der Waals surface area contributed by atoms with E-state index in [-0.39, 0.29) is 0 Å². The third-order valence-electron chi connectivity index (χ3n) is 1.39. The van der Waals surface area contributed by atoms with Gasteiger partial charge in [-0.1, -0.05) is 0 Å². The number of rotatable bonds is 0. The van der Waals surface area contributed by atoms with E-state index in [9.17, 15) is 0 Å². The summed E-state index contributed by atoms with van der Waals surface area (Å²) in [6, 6.07) is 0. The monoisotopic (exact) mass is 220 g/mol. The van der Waals surface area contributed by atoms with Gasteiger partial charge in [0.2, 0.25) is 0 Å². The molecule has 0 spiro atoms. The Labute approximate surface area is 61.2 Å². The molecule has 1 fully saturated rings. The van der Waals surface area contributed by atoms with E-state index in [0.717, 1.165) is 10.6 Å². The van der Waals surface area contributed by atoms with Crippen molar-refractivity contribution < 1.29 is 0 Å². The average molecular weight is 220 g/mol. The molecule has 0 amide bonds. The Kier molecular flexibility index (Phi) is 2.51. The van der Waals surface area contributed by atoms with E-state index in [0.29, 0.717) is 0 Å². The summed E-state index contributed by atoms with van der Waals surface area (Å²) >= 11 is -1.80. The fourth-order valence-corrected chi connectivity index (χ4v) is 6.23. The van der Waals surface area contributed by atoms with Gasteiger partial charge in [-0.25, -0.2) is 0 Å². The zero-order valence-electron chi connectivity index (χ0n) is 4.70. The standard InChI is InChI=1S/C5H10Cl2Se/c6-8(7)4-2-1-3-5-8/h1-5H2. The Morgan fingerprint density at radius 3 is 1.62 bits per heavy atom. The van der Waals surface area contributed by atoms with Crippen LogP contribution < -0.4 is 0 Å². The van der Waals surface area contributed by atoms with Gasteiger partial charge in [-0.2, -0.15) is 0 Å². The van der Waals surface area contributed by atoms with Gasteiger partial charge in [-0.3, -0.25) is 0 Å². The summed E-state index contributed by atoms with van der Waals surface area (Å²) in [5.41, 5.74) is 0. The molecule has 0 aliphatic carbocycles. The van der Waals surface area contributed by atoms with Crippen LogP contribution in [0.15, 0.2) is 0 Å². The molecule has 0 nitrogen and oxygen atoms in total. The van der Waals surface area contributed by atoms with Gasteiger partial charge in [0, 0.05) is 0 Å². The molecule has 1 rings (SSSR count). The van der Waals surface area contributed by atoms with Crippen molar-refractivity contribution in [2.45, 2.75) is 29.9 Å². The minimum atomic E-state index is -1.80. The first-order valence-electron chi connectivity index (χ1n) is 2.89. The molecule has 0 atom stereocenters. The second-order valence-corrected chi connectivity index (χ2v) is 13.8. The average Bonchev–Trinajstić information content (AvgIpc) is 1.65. The van der Waals surface area contributed by atoms with Gasteiger partial charge in [-0.15, -0.1) is 0 Å². The van der Waals surface area contributed by atoms with E-state index < -0.39 is 11.0 Å². The van der Waals surface area contributed by atoms with Crippen LogP contribution in [0.1, 0.15) is 19.3 Å². The summed E-state index contributed by atoms with van der Waals surface area (Å²) in [7, 11) is 12.0. The molecule has 0 bridgehead atoms. The molecule has 1 saturated heterocycles. The minimum absolute atomic E-state index is 1.14. The summed E-state index contributed by atoms with van der Waals surface area (Å²) in [5, 5.41) is 2.28. The molecular weight excluding hydrogens is 210 g/mol. The van der Waals surface area contributed by atoms with Crippen molar-refractivity contribution in [3.05, 3.63) is 0 Å². The Morgan fingerprint density at radius 1 is 0.875 bits per heavy atom. The molecule has 0 aromatic carbocycles. The zero-order valence-corrected chi connectivity index (χ0v) is 7.92. The third kappa shape index (κ3) is 2.14. The molecule has 8 heavy (non-hydrogen) atoms. The molecule has 0 radical (unpaired) electrons. The maximum absolute atomic E-state index is 5.99. The SMILES string of the molecule is Cl[Se]1(Cl)CCCCC1. The van der Waals surface area contributed by atoms with Crippen molar-refractivity contribution >= 4 is 31.2 Å².